The summed E-state index contributed by atoms with van der Waals surface area (Å²) < 4.78 is 4.44. The van der Waals surface area contributed by atoms with Crippen LogP contribution in [-0.2, 0) is 0 Å². The second kappa shape index (κ2) is 11.4. The minimum Gasteiger partial charge on any atom is -0.309 e. The molecule has 7 aromatic carbocycles. The van der Waals surface area contributed by atoms with Crippen LogP contribution >= 0.6 is 0 Å². The summed E-state index contributed by atoms with van der Waals surface area (Å²) in [4.78, 5) is 0. The van der Waals surface area contributed by atoms with E-state index in [1.165, 1.54) is 0 Å². The molecule has 0 radical (unpaired) electrons. The molecule has 2 aromatic heterocycles. The molecule has 5 nitrogen and oxygen atoms in total. The van der Waals surface area contributed by atoms with Crippen molar-refractivity contribution in [2.45, 2.75) is 0 Å². The first-order chi connectivity index (χ1) is 24.7. The molecule has 50 heavy (non-hydrogen) atoms. The second-order valence-corrected chi connectivity index (χ2v) is 12.3. The van der Waals surface area contributed by atoms with Gasteiger partial charge in [-0.15, -0.1) is 0 Å². The summed E-state index contributed by atoms with van der Waals surface area (Å²) in [7, 11) is 0. The van der Waals surface area contributed by atoms with Crippen molar-refractivity contribution in [3.05, 3.63) is 168 Å². The molecule has 9 rings (SSSR count). The maximum atomic E-state index is 10.1. The maximum absolute atomic E-state index is 10.1. The van der Waals surface area contributed by atoms with Gasteiger partial charge in [-0.1, -0.05) is 84.9 Å². The molecule has 0 N–H and O–H groups in total. The Balaban J connectivity index is 1.33. The molecule has 5 heteroatoms. The van der Waals surface area contributed by atoms with Gasteiger partial charge in [0.2, 0.25) is 0 Å². The largest absolute Gasteiger partial charge is 0.309 e. The van der Waals surface area contributed by atoms with Crippen LogP contribution in [0.15, 0.2) is 152 Å². The molecule has 0 amide bonds. The van der Waals surface area contributed by atoms with Gasteiger partial charge in [0.1, 0.15) is 6.07 Å². The Morgan fingerprint density at radius 1 is 0.400 bits per heavy atom. The highest BCUT2D eigenvalue weighted by Crippen LogP contribution is 2.43. The van der Waals surface area contributed by atoms with Gasteiger partial charge in [0.15, 0.2) is 0 Å². The highest BCUT2D eigenvalue weighted by Gasteiger charge is 2.20. The molecule has 0 unspecified atom stereocenters. The summed E-state index contributed by atoms with van der Waals surface area (Å²) in [5.74, 6) is 0. The molecule has 0 bridgehead atoms. The van der Waals surface area contributed by atoms with Crippen LogP contribution in [0, 0.1) is 34.0 Å². The number of nitrogens with zero attached hydrogens (tertiary/aromatic N) is 5. The minimum absolute atomic E-state index is 0.594. The van der Waals surface area contributed by atoms with Crippen LogP contribution in [0.2, 0.25) is 0 Å². The van der Waals surface area contributed by atoms with E-state index in [4.69, 9.17) is 0 Å². The molecule has 2 heterocycles. The van der Waals surface area contributed by atoms with Gasteiger partial charge in [0.25, 0.3) is 0 Å². The van der Waals surface area contributed by atoms with E-state index >= 15 is 0 Å². The SMILES string of the molecule is N#Cc1ccc(-n2c3ccc(C#N)cc3c3cccc(-c4ccccc4-c4ccc5c6ccccc6n(-c6ccccc6C#N)c5c4)c32)cc1. The van der Waals surface area contributed by atoms with Crippen molar-refractivity contribution in [3.8, 4) is 51.8 Å². The van der Waals surface area contributed by atoms with Crippen molar-refractivity contribution in [1.29, 1.82) is 15.8 Å². The van der Waals surface area contributed by atoms with E-state index in [1.54, 1.807) is 0 Å². The lowest BCUT2D eigenvalue weighted by Gasteiger charge is -2.15. The van der Waals surface area contributed by atoms with Crippen molar-refractivity contribution in [1.82, 2.24) is 9.13 Å². The van der Waals surface area contributed by atoms with Gasteiger partial charge in [0.05, 0.1) is 56.6 Å². The summed E-state index contributed by atoms with van der Waals surface area (Å²) >= 11 is 0. The van der Waals surface area contributed by atoms with Crippen LogP contribution in [0.3, 0.4) is 0 Å². The van der Waals surface area contributed by atoms with Crippen molar-refractivity contribution in [2.24, 2.45) is 0 Å². The summed E-state index contributed by atoms with van der Waals surface area (Å²) in [6.07, 6.45) is 0. The summed E-state index contributed by atoms with van der Waals surface area (Å²) in [6, 6.07) is 57.9. The molecule has 0 saturated heterocycles. The number of hydrogen-bond acceptors (Lipinski definition) is 3. The van der Waals surface area contributed by atoms with Crippen molar-refractivity contribution in [3.63, 3.8) is 0 Å². The van der Waals surface area contributed by atoms with Gasteiger partial charge in [-0.3, -0.25) is 0 Å². The molecular formula is C45H25N5. The van der Waals surface area contributed by atoms with Crippen molar-refractivity contribution >= 4 is 43.6 Å². The van der Waals surface area contributed by atoms with Gasteiger partial charge < -0.3 is 9.13 Å². The summed E-state index contributed by atoms with van der Waals surface area (Å²) in [5.41, 5.74) is 11.9. The molecule has 0 atom stereocenters. The van der Waals surface area contributed by atoms with Crippen molar-refractivity contribution in [2.75, 3.05) is 0 Å². The van der Waals surface area contributed by atoms with E-state index in [0.29, 0.717) is 16.7 Å². The predicted octanol–water partition coefficient (Wildman–Crippen LogP) is 10.8. The van der Waals surface area contributed by atoms with E-state index < -0.39 is 0 Å². The number of fused-ring (bicyclic) bond motifs is 6. The van der Waals surface area contributed by atoms with Crippen LogP contribution < -0.4 is 0 Å². The first-order valence-corrected chi connectivity index (χ1v) is 16.3. The molecule has 9 aromatic rings. The lowest BCUT2D eigenvalue weighted by molar-refractivity contribution is 1.17. The smallest absolute Gasteiger partial charge is 0.101 e. The first kappa shape index (κ1) is 28.8. The van der Waals surface area contributed by atoms with E-state index in [1.807, 2.05) is 72.8 Å². The molecule has 0 aliphatic carbocycles. The number of hydrogen-bond donors (Lipinski definition) is 0. The fraction of sp³-hybridized carbons (Fsp3) is 0. The Morgan fingerprint density at radius 3 is 1.88 bits per heavy atom. The van der Waals surface area contributed by atoms with E-state index in [2.05, 4.69) is 106 Å². The van der Waals surface area contributed by atoms with Gasteiger partial charge in [-0.25, -0.2) is 0 Å². The normalized spacial score (nSPS) is 11.1. The van der Waals surface area contributed by atoms with Crippen molar-refractivity contribution < 1.29 is 0 Å². The quantitative estimate of drug-likeness (QED) is 0.193. The lowest BCUT2D eigenvalue weighted by Crippen LogP contribution is -1.97. The summed E-state index contributed by atoms with van der Waals surface area (Å²) in [6.45, 7) is 0. The molecule has 0 fully saturated rings. The number of benzene rings is 7. The highest BCUT2D eigenvalue weighted by atomic mass is 15.0. The zero-order valence-electron chi connectivity index (χ0n) is 26.7. The van der Waals surface area contributed by atoms with Crippen LogP contribution in [0.1, 0.15) is 16.7 Å². The lowest BCUT2D eigenvalue weighted by atomic mass is 9.92. The van der Waals surface area contributed by atoms with Crippen LogP contribution in [0.4, 0.5) is 0 Å². The zero-order valence-corrected chi connectivity index (χ0v) is 26.7. The fourth-order valence-electron chi connectivity index (χ4n) is 7.44. The van der Waals surface area contributed by atoms with E-state index in [9.17, 15) is 15.8 Å². The van der Waals surface area contributed by atoms with Gasteiger partial charge >= 0.3 is 0 Å². The highest BCUT2D eigenvalue weighted by molar-refractivity contribution is 6.15. The third-order valence-electron chi connectivity index (χ3n) is 9.64. The van der Waals surface area contributed by atoms with Crippen LogP contribution in [0.25, 0.3) is 77.2 Å². The number of nitriles is 3. The topological polar surface area (TPSA) is 81.2 Å². The molecule has 0 aliphatic heterocycles. The zero-order chi connectivity index (χ0) is 33.8. The Hall–Kier alpha value is -7.39. The molecule has 0 aliphatic rings. The predicted molar refractivity (Wildman–Crippen MR) is 200 cm³/mol. The van der Waals surface area contributed by atoms with E-state index in [-0.39, 0.29) is 0 Å². The Labute approximate surface area is 287 Å². The average molecular weight is 636 g/mol. The maximum Gasteiger partial charge on any atom is 0.101 e. The Bertz CT molecular complexity index is 2960. The third-order valence-corrected chi connectivity index (χ3v) is 9.64. The van der Waals surface area contributed by atoms with Crippen LogP contribution in [-0.4, -0.2) is 9.13 Å². The molecule has 0 spiro atoms. The first-order valence-electron chi connectivity index (χ1n) is 16.3. The Kier molecular flexibility index (Phi) is 6.56. The average Bonchev–Trinajstić information content (AvgIpc) is 3.70. The second-order valence-electron chi connectivity index (χ2n) is 12.3. The monoisotopic (exact) mass is 635 g/mol. The van der Waals surface area contributed by atoms with Gasteiger partial charge in [-0.2, -0.15) is 15.8 Å². The summed E-state index contributed by atoms with van der Waals surface area (Å²) in [5, 5.41) is 33.6. The number of para-hydroxylation sites is 3. The third kappa shape index (κ3) is 4.31. The molecule has 0 saturated carbocycles. The fourth-order valence-corrected chi connectivity index (χ4v) is 7.44. The minimum atomic E-state index is 0.594. The van der Waals surface area contributed by atoms with Gasteiger partial charge in [0, 0.05) is 32.8 Å². The Morgan fingerprint density at radius 2 is 1.06 bits per heavy atom. The number of aromatic nitrogens is 2. The van der Waals surface area contributed by atoms with Crippen LogP contribution in [0.5, 0.6) is 0 Å². The molecular weight excluding hydrogens is 611 g/mol. The van der Waals surface area contributed by atoms with E-state index in [0.717, 1.165) is 77.2 Å². The van der Waals surface area contributed by atoms with Gasteiger partial charge in [-0.05, 0) is 83.4 Å². The standard InChI is InChI=1S/C45H25N5/c46-26-29-16-20-33(21-17-29)49-43-23-18-30(27-47)24-40(43)39-13-7-12-38(45(39)49)35-10-3-2-9-34(35)31-19-22-37-36-11-4-6-15-42(36)50(44(37)25-31)41-14-5-1-8-32(41)28-48/h1-25H. The molecule has 230 valence electrons. The number of rotatable bonds is 4.